The van der Waals surface area contributed by atoms with Crippen LogP contribution in [0.5, 0.6) is 5.75 Å². The van der Waals surface area contributed by atoms with Gasteiger partial charge in [-0.25, -0.2) is 0 Å². The minimum Gasteiger partial charge on any atom is -0.496 e. The lowest BCUT2D eigenvalue weighted by molar-refractivity contribution is -0.125. The van der Waals surface area contributed by atoms with Crippen LogP contribution < -0.4 is 15.4 Å². The van der Waals surface area contributed by atoms with Crippen molar-refractivity contribution < 1.29 is 19.1 Å². The third-order valence-electron chi connectivity index (χ3n) is 4.31. The number of likely N-dealkylation sites (tertiary alicyclic amines) is 1. The van der Waals surface area contributed by atoms with E-state index in [1.807, 2.05) is 6.92 Å². The van der Waals surface area contributed by atoms with Gasteiger partial charge in [-0.1, -0.05) is 6.07 Å². The van der Waals surface area contributed by atoms with Crippen molar-refractivity contribution in [2.24, 2.45) is 5.92 Å². The van der Waals surface area contributed by atoms with E-state index in [9.17, 15) is 14.4 Å². The Morgan fingerprint density at radius 3 is 2.54 bits per heavy atom. The lowest BCUT2D eigenvalue weighted by Crippen LogP contribution is -2.44. The zero-order valence-electron chi connectivity index (χ0n) is 14.4. The van der Waals surface area contributed by atoms with E-state index in [1.54, 1.807) is 37.3 Å². The summed E-state index contributed by atoms with van der Waals surface area (Å²) in [6.07, 6.45) is 0. The number of nitrogens with one attached hydrogen (secondary N) is 2. The van der Waals surface area contributed by atoms with Crippen molar-refractivity contribution in [3.8, 4) is 5.75 Å². The van der Waals surface area contributed by atoms with Gasteiger partial charge in [0.2, 0.25) is 11.8 Å². The minimum atomic E-state index is -0.464. The molecular formula is C17H23N3O4. The Bertz CT molecular complexity index is 659. The zero-order valence-corrected chi connectivity index (χ0v) is 14.4. The van der Waals surface area contributed by atoms with Crippen molar-refractivity contribution in [1.82, 2.24) is 15.5 Å². The number of nitrogens with zero attached hydrogens (tertiary/aromatic N) is 1. The number of carbonyl (C=O) groups is 3. The SMILES string of the molecule is CNC(=O)[C@H]1CN(C(=O)c2cccc(OC)c2C)C[C@@H]1NC(C)=O. The Labute approximate surface area is 141 Å². The largest absolute Gasteiger partial charge is 0.496 e. The van der Waals surface area contributed by atoms with Crippen LogP contribution >= 0.6 is 0 Å². The summed E-state index contributed by atoms with van der Waals surface area (Å²) >= 11 is 0. The van der Waals surface area contributed by atoms with Crippen molar-refractivity contribution >= 4 is 17.7 Å². The van der Waals surface area contributed by atoms with E-state index in [4.69, 9.17) is 4.74 Å². The summed E-state index contributed by atoms with van der Waals surface area (Å²) in [4.78, 5) is 37.9. The van der Waals surface area contributed by atoms with Crippen LogP contribution in [0, 0.1) is 12.8 Å². The molecule has 2 rings (SSSR count). The fraction of sp³-hybridized carbons (Fsp3) is 0.471. The van der Waals surface area contributed by atoms with E-state index in [2.05, 4.69) is 10.6 Å². The van der Waals surface area contributed by atoms with Crippen LogP contribution in [0.25, 0.3) is 0 Å². The summed E-state index contributed by atoms with van der Waals surface area (Å²) in [5, 5.41) is 5.35. The number of methoxy groups -OCH3 is 1. The number of carbonyl (C=O) groups excluding carboxylic acids is 3. The highest BCUT2D eigenvalue weighted by atomic mass is 16.5. The molecule has 0 saturated carbocycles. The Morgan fingerprint density at radius 2 is 1.96 bits per heavy atom. The van der Waals surface area contributed by atoms with Crippen LogP contribution in [0.4, 0.5) is 0 Å². The first-order valence-electron chi connectivity index (χ1n) is 7.80. The topological polar surface area (TPSA) is 87.7 Å². The highest BCUT2D eigenvalue weighted by Crippen LogP contribution is 2.25. The second kappa shape index (κ2) is 7.33. The molecule has 1 aromatic carbocycles. The molecule has 7 heteroatoms. The van der Waals surface area contributed by atoms with Crippen molar-refractivity contribution in [1.29, 1.82) is 0 Å². The molecule has 1 aliphatic heterocycles. The standard InChI is InChI=1S/C17H23N3O4/c1-10-12(6-5-7-15(10)24-4)17(23)20-8-13(16(22)18-3)14(9-20)19-11(2)21/h5-7,13-14H,8-9H2,1-4H3,(H,18,22)(H,19,21)/t13-,14-/m0/s1. The number of hydrogen-bond acceptors (Lipinski definition) is 4. The molecule has 130 valence electrons. The third kappa shape index (κ3) is 3.50. The predicted molar refractivity (Wildman–Crippen MR) is 88.8 cm³/mol. The Balaban J connectivity index is 2.24. The molecule has 0 aliphatic carbocycles. The van der Waals surface area contributed by atoms with Crippen molar-refractivity contribution in [2.75, 3.05) is 27.2 Å². The fourth-order valence-electron chi connectivity index (χ4n) is 3.07. The summed E-state index contributed by atoms with van der Waals surface area (Å²) in [6, 6.07) is 4.90. The van der Waals surface area contributed by atoms with Crippen molar-refractivity contribution in [2.45, 2.75) is 19.9 Å². The molecule has 1 saturated heterocycles. The maximum Gasteiger partial charge on any atom is 0.254 e. The first-order chi connectivity index (χ1) is 11.4. The Kier molecular flexibility index (Phi) is 5.43. The highest BCUT2D eigenvalue weighted by Gasteiger charge is 2.40. The third-order valence-corrected chi connectivity index (χ3v) is 4.31. The van der Waals surface area contributed by atoms with Gasteiger partial charge in [0, 0.05) is 38.2 Å². The number of benzene rings is 1. The highest BCUT2D eigenvalue weighted by molar-refractivity contribution is 5.97. The molecule has 0 aromatic heterocycles. The maximum atomic E-state index is 12.8. The number of hydrogen-bond donors (Lipinski definition) is 2. The first kappa shape index (κ1) is 17.8. The van der Waals surface area contributed by atoms with Gasteiger partial charge in [0.05, 0.1) is 19.1 Å². The molecule has 7 nitrogen and oxygen atoms in total. The smallest absolute Gasteiger partial charge is 0.254 e. The van der Waals surface area contributed by atoms with Crippen molar-refractivity contribution in [3.63, 3.8) is 0 Å². The molecular weight excluding hydrogens is 310 g/mol. The van der Waals surface area contributed by atoms with Crippen LogP contribution in [0.1, 0.15) is 22.8 Å². The van der Waals surface area contributed by atoms with E-state index in [1.165, 1.54) is 6.92 Å². The number of amides is 3. The van der Waals surface area contributed by atoms with Gasteiger partial charge in [0.25, 0.3) is 5.91 Å². The maximum absolute atomic E-state index is 12.8. The van der Waals surface area contributed by atoms with Gasteiger partial charge in [-0.05, 0) is 19.1 Å². The van der Waals surface area contributed by atoms with Gasteiger partial charge < -0.3 is 20.3 Å². The summed E-state index contributed by atoms with van der Waals surface area (Å²) in [7, 11) is 3.10. The zero-order chi connectivity index (χ0) is 17.9. The monoisotopic (exact) mass is 333 g/mol. The lowest BCUT2D eigenvalue weighted by Gasteiger charge is -2.18. The van der Waals surface area contributed by atoms with Gasteiger partial charge >= 0.3 is 0 Å². The van der Waals surface area contributed by atoms with Crippen LogP contribution in [0.15, 0.2) is 18.2 Å². The second-order valence-corrected chi connectivity index (χ2v) is 5.87. The van der Waals surface area contributed by atoms with Gasteiger partial charge in [0.1, 0.15) is 5.75 Å². The molecule has 24 heavy (non-hydrogen) atoms. The minimum absolute atomic E-state index is 0.173. The Morgan fingerprint density at radius 1 is 1.25 bits per heavy atom. The van der Waals surface area contributed by atoms with E-state index in [0.29, 0.717) is 17.9 Å². The normalized spacial score (nSPS) is 19.8. The fourth-order valence-corrected chi connectivity index (χ4v) is 3.07. The molecule has 1 aliphatic rings. The number of rotatable bonds is 4. The molecule has 0 radical (unpaired) electrons. The molecule has 0 spiro atoms. The summed E-state index contributed by atoms with van der Waals surface area (Å²) in [5.41, 5.74) is 1.29. The average molecular weight is 333 g/mol. The molecule has 1 aromatic rings. The van der Waals surface area contributed by atoms with E-state index in [-0.39, 0.29) is 24.3 Å². The van der Waals surface area contributed by atoms with E-state index < -0.39 is 12.0 Å². The molecule has 3 amide bonds. The molecule has 2 N–H and O–H groups in total. The van der Waals surface area contributed by atoms with Gasteiger partial charge in [-0.2, -0.15) is 0 Å². The molecule has 1 heterocycles. The van der Waals surface area contributed by atoms with Gasteiger partial charge in [-0.3, -0.25) is 14.4 Å². The molecule has 0 bridgehead atoms. The summed E-state index contributed by atoms with van der Waals surface area (Å²) < 4.78 is 5.26. The first-order valence-corrected chi connectivity index (χ1v) is 7.80. The van der Waals surface area contributed by atoms with Crippen molar-refractivity contribution in [3.05, 3.63) is 29.3 Å². The predicted octanol–water partition coefficient (Wildman–Crippen LogP) is 0.326. The molecule has 2 atom stereocenters. The van der Waals surface area contributed by atoms with Gasteiger partial charge in [-0.15, -0.1) is 0 Å². The summed E-state index contributed by atoms with van der Waals surface area (Å²) in [5.74, 6) is -0.407. The molecule has 0 unspecified atom stereocenters. The second-order valence-electron chi connectivity index (χ2n) is 5.87. The van der Waals surface area contributed by atoms with E-state index >= 15 is 0 Å². The van der Waals surface area contributed by atoms with Gasteiger partial charge in [0.15, 0.2) is 0 Å². The number of ether oxygens (including phenoxy) is 1. The lowest BCUT2D eigenvalue weighted by atomic mass is 10.0. The average Bonchev–Trinajstić information content (AvgIpc) is 2.96. The van der Waals surface area contributed by atoms with Crippen LogP contribution in [-0.4, -0.2) is 55.9 Å². The van der Waals surface area contributed by atoms with Crippen LogP contribution in [-0.2, 0) is 9.59 Å². The quantitative estimate of drug-likeness (QED) is 0.831. The van der Waals surface area contributed by atoms with Crippen LogP contribution in [0.3, 0.4) is 0 Å². The van der Waals surface area contributed by atoms with E-state index in [0.717, 1.165) is 5.56 Å². The van der Waals surface area contributed by atoms with Crippen LogP contribution in [0.2, 0.25) is 0 Å². The Hall–Kier alpha value is -2.57. The molecule has 1 fully saturated rings. The summed E-state index contributed by atoms with van der Waals surface area (Å²) in [6.45, 7) is 3.79.